The van der Waals surface area contributed by atoms with Gasteiger partial charge >= 0.3 is 0 Å². The first-order valence-electron chi connectivity index (χ1n) is 7.47. The molecule has 0 fully saturated rings. The van der Waals surface area contributed by atoms with Gasteiger partial charge in [0.05, 0.1) is 13.7 Å². The number of amides is 1. The molecule has 0 unspecified atom stereocenters. The molecule has 0 spiro atoms. The summed E-state index contributed by atoms with van der Waals surface area (Å²) in [6.07, 6.45) is 0. The van der Waals surface area contributed by atoms with E-state index in [-0.39, 0.29) is 12.5 Å². The van der Waals surface area contributed by atoms with Crippen molar-refractivity contribution in [3.63, 3.8) is 0 Å². The summed E-state index contributed by atoms with van der Waals surface area (Å²) in [5.41, 5.74) is 3.11. The van der Waals surface area contributed by atoms with Crippen molar-refractivity contribution in [1.82, 2.24) is 4.90 Å². The number of anilines is 1. The first-order valence-corrected chi connectivity index (χ1v) is 7.47. The Hall–Kier alpha value is -2.82. The number of aliphatic imine (C=N–C) groups is 1. The fourth-order valence-corrected chi connectivity index (χ4v) is 2.47. The normalized spacial score (nSPS) is 13.9. The second-order valence-corrected chi connectivity index (χ2v) is 5.46. The maximum absolute atomic E-state index is 12.1. The van der Waals surface area contributed by atoms with Gasteiger partial charge in [-0.15, -0.1) is 0 Å². The Bertz CT molecular complexity index is 738. The molecule has 0 saturated heterocycles. The quantitative estimate of drug-likeness (QED) is 0.945. The van der Waals surface area contributed by atoms with E-state index in [1.165, 1.54) is 0 Å². The number of aryl methyl sites for hydroxylation is 1. The van der Waals surface area contributed by atoms with E-state index in [1.807, 2.05) is 55.5 Å². The molecule has 5 nitrogen and oxygen atoms in total. The Balaban J connectivity index is 1.74. The fraction of sp³-hybridized carbons (Fsp3) is 0.222. The number of carbonyl (C=O) groups is 1. The van der Waals surface area contributed by atoms with Gasteiger partial charge < -0.3 is 10.1 Å². The smallest absolute Gasteiger partial charge is 0.251 e. The Morgan fingerprint density at radius 2 is 2.00 bits per heavy atom. The average Bonchev–Trinajstić information content (AvgIpc) is 2.89. The van der Waals surface area contributed by atoms with Crippen LogP contribution in [0.1, 0.15) is 11.1 Å². The van der Waals surface area contributed by atoms with E-state index in [9.17, 15) is 4.79 Å². The number of benzene rings is 2. The molecule has 1 N–H and O–H groups in total. The Labute approximate surface area is 135 Å². The highest BCUT2D eigenvalue weighted by Crippen LogP contribution is 2.17. The molecular weight excluding hydrogens is 290 g/mol. The first-order chi connectivity index (χ1) is 11.2. The SMILES string of the molecule is COc1ccc(CN2C(=O)CN=C2Nc2cccc(C)c2)cc1. The molecular formula is C18H19N3O2. The number of hydrogen-bond donors (Lipinski definition) is 1. The van der Waals surface area contributed by atoms with Crippen LogP contribution in [0.25, 0.3) is 0 Å². The van der Waals surface area contributed by atoms with E-state index in [0.29, 0.717) is 12.5 Å². The largest absolute Gasteiger partial charge is 0.497 e. The molecule has 3 rings (SSSR count). The monoisotopic (exact) mass is 309 g/mol. The lowest BCUT2D eigenvalue weighted by Gasteiger charge is -2.20. The molecule has 0 saturated carbocycles. The Kier molecular flexibility index (Phi) is 4.28. The lowest BCUT2D eigenvalue weighted by Crippen LogP contribution is -2.36. The number of nitrogens with zero attached hydrogens (tertiary/aromatic N) is 2. The number of guanidine groups is 1. The molecule has 23 heavy (non-hydrogen) atoms. The van der Waals surface area contributed by atoms with Crippen LogP contribution in [0.2, 0.25) is 0 Å². The summed E-state index contributed by atoms with van der Waals surface area (Å²) < 4.78 is 5.15. The third-order valence-electron chi connectivity index (χ3n) is 3.69. The standard InChI is InChI=1S/C18H19N3O2/c1-13-4-3-5-15(10-13)20-18-19-11-17(22)21(18)12-14-6-8-16(23-2)9-7-14/h3-10H,11-12H2,1-2H3,(H,19,20). The summed E-state index contributed by atoms with van der Waals surface area (Å²) >= 11 is 0. The van der Waals surface area contributed by atoms with Crippen molar-refractivity contribution in [3.05, 3.63) is 59.7 Å². The molecule has 1 heterocycles. The van der Waals surface area contributed by atoms with Gasteiger partial charge in [0.1, 0.15) is 12.3 Å². The Morgan fingerprint density at radius 1 is 1.22 bits per heavy atom. The van der Waals surface area contributed by atoms with E-state index >= 15 is 0 Å². The molecule has 0 aromatic heterocycles. The van der Waals surface area contributed by atoms with Crippen molar-refractivity contribution >= 4 is 17.6 Å². The molecule has 2 aromatic rings. The third kappa shape index (κ3) is 3.51. The van der Waals surface area contributed by atoms with E-state index in [2.05, 4.69) is 10.3 Å². The second kappa shape index (κ2) is 6.52. The molecule has 118 valence electrons. The van der Waals surface area contributed by atoms with Crippen LogP contribution in [-0.2, 0) is 11.3 Å². The van der Waals surface area contributed by atoms with Crippen molar-refractivity contribution in [2.45, 2.75) is 13.5 Å². The maximum Gasteiger partial charge on any atom is 0.251 e. The number of methoxy groups -OCH3 is 1. The van der Waals surface area contributed by atoms with Crippen LogP contribution in [0.5, 0.6) is 5.75 Å². The van der Waals surface area contributed by atoms with E-state index in [0.717, 1.165) is 22.6 Å². The van der Waals surface area contributed by atoms with Gasteiger partial charge in [0.15, 0.2) is 0 Å². The average molecular weight is 309 g/mol. The van der Waals surface area contributed by atoms with Gasteiger partial charge in [0.2, 0.25) is 5.96 Å². The minimum atomic E-state index is -0.00373. The first kappa shape index (κ1) is 15.1. The zero-order valence-corrected chi connectivity index (χ0v) is 13.2. The van der Waals surface area contributed by atoms with Crippen molar-refractivity contribution < 1.29 is 9.53 Å². The topological polar surface area (TPSA) is 53.9 Å². The minimum Gasteiger partial charge on any atom is -0.497 e. The van der Waals surface area contributed by atoms with E-state index < -0.39 is 0 Å². The molecule has 1 aliphatic rings. The van der Waals surface area contributed by atoms with Crippen LogP contribution < -0.4 is 10.1 Å². The number of rotatable bonds is 4. The predicted octanol–water partition coefficient (Wildman–Crippen LogP) is 2.81. The van der Waals surface area contributed by atoms with Crippen molar-refractivity contribution in [3.8, 4) is 5.75 Å². The highest BCUT2D eigenvalue weighted by molar-refractivity contribution is 6.08. The highest BCUT2D eigenvalue weighted by Gasteiger charge is 2.25. The summed E-state index contributed by atoms with van der Waals surface area (Å²) in [5, 5.41) is 3.24. The predicted molar refractivity (Wildman–Crippen MR) is 90.6 cm³/mol. The van der Waals surface area contributed by atoms with Gasteiger partial charge in [-0.25, -0.2) is 4.99 Å². The van der Waals surface area contributed by atoms with Crippen LogP contribution in [0, 0.1) is 6.92 Å². The van der Waals surface area contributed by atoms with Gasteiger partial charge in [-0.05, 0) is 42.3 Å². The van der Waals surface area contributed by atoms with Crippen LogP contribution in [-0.4, -0.2) is 30.4 Å². The molecule has 1 aliphatic heterocycles. The molecule has 0 aliphatic carbocycles. The van der Waals surface area contributed by atoms with Crippen molar-refractivity contribution in [2.24, 2.45) is 4.99 Å². The number of nitrogens with one attached hydrogen (secondary N) is 1. The highest BCUT2D eigenvalue weighted by atomic mass is 16.5. The van der Waals surface area contributed by atoms with Gasteiger partial charge in [-0.3, -0.25) is 9.69 Å². The third-order valence-corrected chi connectivity index (χ3v) is 3.69. The lowest BCUT2D eigenvalue weighted by molar-refractivity contribution is -0.125. The fourth-order valence-electron chi connectivity index (χ4n) is 2.47. The minimum absolute atomic E-state index is 0.00373. The number of carbonyl (C=O) groups excluding carboxylic acids is 1. The number of ether oxygens (including phenoxy) is 1. The zero-order chi connectivity index (χ0) is 16.2. The lowest BCUT2D eigenvalue weighted by atomic mass is 10.2. The van der Waals surface area contributed by atoms with Gasteiger partial charge in [-0.1, -0.05) is 24.3 Å². The molecule has 1 amide bonds. The number of hydrogen-bond acceptors (Lipinski definition) is 4. The molecule has 0 bridgehead atoms. The van der Waals surface area contributed by atoms with Crippen LogP contribution in [0.4, 0.5) is 5.69 Å². The van der Waals surface area contributed by atoms with Crippen molar-refractivity contribution in [1.29, 1.82) is 0 Å². The summed E-state index contributed by atoms with van der Waals surface area (Å²) in [6.45, 7) is 2.70. The van der Waals surface area contributed by atoms with Gasteiger partial charge in [-0.2, -0.15) is 0 Å². The van der Waals surface area contributed by atoms with Gasteiger partial charge in [0.25, 0.3) is 5.91 Å². The van der Waals surface area contributed by atoms with Gasteiger partial charge in [0, 0.05) is 5.69 Å². The van der Waals surface area contributed by atoms with Crippen LogP contribution in [0.3, 0.4) is 0 Å². The van der Waals surface area contributed by atoms with E-state index in [4.69, 9.17) is 4.74 Å². The van der Waals surface area contributed by atoms with E-state index in [1.54, 1.807) is 12.0 Å². The summed E-state index contributed by atoms with van der Waals surface area (Å²) in [5.74, 6) is 1.39. The summed E-state index contributed by atoms with van der Waals surface area (Å²) in [6, 6.07) is 15.7. The summed E-state index contributed by atoms with van der Waals surface area (Å²) in [7, 11) is 1.63. The van der Waals surface area contributed by atoms with Crippen molar-refractivity contribution in [2.75, 3.05) is 19.0 Å². The molecule has 0 radical (unpaired) electrons. The summed E-state index contributed by atoms with van der Waals surface area (Å²) in [4.78, 5) is 18.1. The second-order valence-electron chi connectivity index (χ2n) is 5.46. The van der Waals surface area contributed by atoms with Crippen LogP contribution in [0.15, 0.2) is 53.5 Å². The maximum atomic E-state index is 12.1. The zero-order valence-electron chi connectivity index (χ0n) is 13.2. The molecule has 5 heteroatoms. The molecule has 2 aromatic carbocycles. The molecule has 0 atom stereocenters. The Morgan fingerprint density at radius 3 is 2.70 bits per heavy atom. The van der Waals surface area contributed by atoms with Crippen LogP contribution >= 0.6 is 0 Å².